The highest BCUT2D eigenvalue weighted by Gasteiger charge is 2.27. The van der Waals surface area contributed by atoms with Crippen LogP contribution >= 0.6 is 0 Å². The SMILES string of the molecule is Nc1cccc(N2c3ccccc3Oc3ccccc32)c1O. The third-order valence-corrected chi connectivity index (χ3v) is 3.72. The second kappa shape index (κ2) is 4.70. The molecule has 1 aliphatic rings. The number of nitrogens with zero attached hydrogens (tertiary/aromatic N) is 1. The molecular weight excluding hydrogens is 276 g/mol. The zero-order valence-corrected chi connectivity index (χ0v) is 11.7. The number of ether oxygens (including phenoxy) is 1. The van der Waals surface area contributed by atoms with Crippen molar-refractivity contribution in [2.45, 2.75) is 0 Å². The van der Waals surface area contributed by atoms with Crippen molar-refractivity contribution in [2.75, 3.05) is 10.6 Å². The van der Waals surface area contributed by atoms with Gasteiger partial charge in [-0.05, 0) is 36.4 Å². The molecule has 0 saturated carbocycles. The van der Waals surface area contributed by atoms with Gasteiger partial charge in [0.1, 0.15) is 0 Å². The van der Waals surface area contributed by atoms with E-state index in [1.165, 1.54) is 0 Å². The molecule has 0 spiro atoms. The summed E-state index contributed by atoms with van der Waals surface area (Å²) < 4.78 is 5.94. The fourth-order valence-electron chi connectivity index (χ4n) is 2.69. The molecule has 0 bridgehead atoms. The summed E-state index contributed by atoms with van der Waals surface area (Å²) in [5, 5.41) is 10.4. The first-order chi connectivity index (χ1) is 10.8. The summed E-state index contributed by atoms with van der Waals surface area (Å²) in [5.41, 5.74) is 8.56. The summed E-state index contributed by atoms with van der Waals surface area (Å²) in [6.07, 6.45) is 0. The van der Waals surface area contributed by atoms with Crippen LogP contribution in [0.1, 0.15) is 0 Å². The van der Waals surface area contributed by atoms with Gasteiger partial charge in [0.2, 0.25) is 0 Å². The Morgan fingerprint density at radius 2 is 1.27 bits per heavy atom. The van der Waals surface area contributed by atoms with Crippen LogP contribution in [0.25, 0.3) is 0 Å². The average Bonchev–Trinajstić information content (AvgIpc) is 2.55. The molecule has 4 rings (SSSR count). The largest absolute Gasteiger partial charge is 0.504 e. The molecule has 1 aliphatic heterocycles. The summed E-state index contributed by atoms with van der Waals surface area (Å²) >= 11 is 0. The number of rotatable bonds is 1. The highest BCUT2D eigenvalue weighted by molar-refractivity contribution is 5.89. The molecule has 4 heteroatoms. The number of anilines is 4. The first kappa shape index (κ1) is 12.6. The topological polar surface area (TPSA) is 58.7 Å². The average molecular weight is 290 g/mol. The van der Waals surface area contributed by atoms with Crippen LogP contribution in [0.3, 0.4) is 0 Å². The molecular formula is C18H14N2O2. The van der Waals surface area contributed by atoms with Gasteiger partial charge in [-0.3, -0.25) is 4.90 Å². The van der Waals surface area contributed by atoms with Crippen molar-refractivity contribution in [2.24, 2.45) is 0 Å². The first-order valence-corrected chi connectivity index (χ1v) is 6.99. The molecule has 1 heterocycles. The first-order valence-electron chi connectivity index (χ1n) is 6.99. The predicted octanol–water partition coefficient (Wildman–Crippen LogP) is 4.55. The second-order valence-electron chi connectivity index (χ2n) is 5.09. The van der Waals surface area contributed by atoms with Crippen molar-refractivity contribution in [3.63, 3.8) is 0 Å². The summed E-state index contributed by atoms with van der Waals surface area (Å²) in [6, 6.07) is 20.8. The minimum Gasteiger partial charge on any atom is -0.504 e. The van der Waals surface area contributed by atoms with E-state index < -0.39 is 0 Å². The number of nitrogen functional groups attached to an aromatic ring is 1. The summed E-state index contributed by atoms with van der Waals surface area (Å²) in [5.74, 6) is 1.54. The van der Waals surface area contributed by atoms with Gasteiger partial charge >= 0.3 is 0 Å². The van der Waals surface area contributed by atoms with Gasteiger partial charge in [-0.1, -0.05) is 30.3 Å². The van der Waals surface area contributed by atoms with Crippen LogP contribution in [-0.2, 0) is 0 Å². The Bertz CT molecular complexity index is 816. The molecule has 0 aliphatic carbocycles. The normalized spacial score (nSPS) is 12.3. The van der Waals surface area contributed by atoms with E-state index >= 15 is 0 Å². The maximum atomic E-state index is 10.4. The van der Waals surface area contributed by atoms with Gasteiger partial charge in [0.15, 0.2) is 17.2 Å². The molecule has 3 N–H and O–H groups in total. The van der Waals surface area contributed by atoms with E-state index in [0.29, 0.717) is 11.4 Å². The number of benzene rings is 3. The molecule has 3 aromatic rings. The molecule has 4 nitrogen and oxygen atoms in total. The van der Waals surface area contributed by atoms with Crippen LogP contribution in [0.15, 0.2) is 66.7 Å². The fourth-order valence-corrected chi connectivity index (χ4v) is 2.69. The van der Waals surface area contributed by atoms with E-state index in [9.17, 15) is 5.11 Å². The standard InChI is InChI=1S/C18H14N2O2/c19-12-6-5-9-15(18(12)21)20-13-7-1-3-10-16(13)22-17-11-4-2-8-14(17)20/h1-11,21H,19H2. The molecule has 0 fully saturated rings. The van der Waals surface area contributed by atoms with Gasteiger partial charge < -0.3 is 15.6 Å². The molecule has 3 aromatic carbocycles. The molecule has 22 heavy (non-hydrogen) atoms. The number of hydrogen-bond donors (Lipinski definition) is 2. The van der Waals surface area contributed by atoms with Crippen LogP contribution in [0.2, 0.25) is 0 Å². The molecule has 0 atom stereocenters. The van der Waals surface area contributed by atoms with E-state index in [-0.39, 0.29) is 5.75 Å². The number of hydrogen-bond acceptors (Lipinski definition) is 4. The number of para-hydroxylation sites is 5. The summed E-state index contributed by atoms with van der Waals surface area (Å²) in [7, 11) is 0. The van der Waals surface area contributed by atoms with Crippen molar-refractivity contribution in [3.8, 4) is 17.2 Å². The van der Waals surface area contributed by atoms with E-state index in [1.807, 2.05) is 65.6 Å². The maximum absolute atomic E-state index is 10.4. The minimum atomic E-state index is 0.0639. The Kier molecular flexibility index (Phi) is 2.69. The van der Waals surface area contributed by atoms with Gasteiger partial charge in [0.05, 0.1) is 22.7 Å². The minimum absolute atomic E-state index is 0.0639. The van der Waals surface area contributed by atoms with Crippen molar-refractivity contribution in [1.82, 2.24) is 0 Å². The summed E-state index contributed by atoms with van der Waals surface area (Å²) in [6.45, 7) is 0. The van der Waals surface area contributed by atoms with Crippen molar-refractivity contribution < 1.29 is 9.84 Å². The van der Waals surface area contributed by atoms with E-state index in [0.717, 1.165) is 22.9 Å². The van der Waals surface area contributed by atoms with Crippen LogP contribution in [0.4, 0.5) is 22.7 Å². The van der Waals surface area contributed by atoms with Gasteiger partial charge in [0.25, 0.3) is 0 Å². The van der Waals surface area contributed by atoms with E-state index in [4.69, 9.17) is 10.5 Å². The van der Waals surface area contributed by atoms with Gasteiger partial charge in [-0.2, -0.15) is 0 Å². The van der Waals surface area contributed by atoms with Gasteiger partial charge in [-0.15, -0.1) is 0 Å². The van der Waals surface area contributed by atoms with Gasteiger partial charge in [0, 0.05) is 0 Å². The van der Waals surface area contributed by atoms with Crippen LogP contribution < -0.4 is 15.4 Å². The number of aromatic hydroxyl groups is 1. The smallest absolute Gasteiger partial charge is 0.162 e. The zero-order valence-electron chi connectivity index (χ0n) is 11.7. The van der Waals surface area contributed by atoms with E-state index in [2.05, 4.69) is 0 Å². The molecule has 108 valence electrons. The Morgan fingerprint density at radius 1 is 0.727 bits per heavy atom. The monoisotopic (exact) mass is 290 g/mol. The lowest BCUT2D eigenvalue weighted by atomic mass is 10.1. The third-order valence-electron chi connectivity index (χ3n) is 3.72. The van der Waals surface area contributed by atoms with Crippen molar-refractivity contribution in [1.29, 1.82) is 0 Å². The number of phenolic OH excluding ortho intramolecular Hbond substituents is 1. The predicted molar refractivity (Wildman–Crippen MR) is 87.3 cm³/mol. The summed E-state index contributed by atoms with van der Waals surface area (Å²) in [4.78, 5) is 1.96. The Hall–Kier alpha value is -3.14. The molecule has 0 unspecified atom stereocenters. The Labute approximate surface area is 128 Å². The van der Waals surface area contributed by atoms with Crippen molar-refractivity contribution in [3.05, 3.63) is 66.7 Å². The van der Waals surface area contributed by atoms with E-state index in [1.54, 1.807) is 6.07 Å². The highest BCUT2D eigenvalue weighted by atomic mass is 16.5. The fraction of sp³-hybridized carbons (Fsp3) is 0. The number of fused-ring (bicyclic) bond motifs is 2. The Morgan fingerprint density at radius 3 is 1.91 bits per heavy atom. The maximum Gasteiger partial charge on any atom is 0.162 e. The van der Waals surface area contributed by atoms with Crippen LogP contribution in [-0.4, -0.2) is 5.11 Å². The molecule has 0 saturated heterocycles. The van der Waals surface area contributed by atoms with Crippen molar-refractivity contribution >= 4 is 22.7 Å². The molecule has 0 aromatic heterocycles. The number of phenols is 1. The lowest BCUT2D eigenvalue weighted by Crippen LogP contribution is -2.16. The lowest BCUT2D eigenvalue weighted by Gasteiger charge is -2.33. The zero-order chi connectivity index (χ0) is 15.1. The van der Waals surface area contributed by atoms with Crippen LogP contribution in [0, 0.1) is 0 Å². The molecule has 0 radical (unpaired) electrons. The Balaban J connectivity index is 2.01. The molecule has 0 amide bonds. The number of nitrogens with two attached hydrogens (primary N) is 1. The second-order valence-corrected chi connectivity index (χ2v) is 5.09. The highest BCUT2D eigenvalue weighted by Crippen LogP contribution is 2.52. The van der Waals surface area contributed by atoms with Crippen LogP contribution in [0.5, 0.6) is 17.2 Å². The third kappa shape index (κ3) is 1.78. The quantitative estimate of drug-likeness (QED) is 0.399. The van der Waals surface area contributed by atoms with Gasteiger partial charge in [-0.25, -0.2) is 0 Å². The lowest BCUT2D eigenvalue weighted by molar-refractivity contribution is 0.470.